The molecule has 1 aromatic heterocycles. The highest BCUT2D eigenvalue weighted by Gasteiger charge is 2.09. The van der Waals surface area contributed by atoms with E-state index in [1.165, 1.54) is 4.57 Å². The standard InChI is InChI=1S/C9H7BrF2N2S/c10-5-1-2-7-6(3-5)13-9(15)14(7)4-8(11)12/h1-3,8H,4H2,(H,13,15). The summed E-state index contributed by atoms with van der Waals surface area (Å²) in [5, 5.41) is 0. The zero-order chi connectivity index (χ0) is 11.0. The molecule has 0 saturated heterocycles. The summed E-state index contributed by atoms with van der Waals surface area (Å²) in [6, 6.07) is 5.37. The number of rotatable bonds is 2. The zero-order valence-electron chi connectivity index (χ0n) is 7.51. The van der Waals surface area contributed by atoms with Gasteiger partial charge in [-0.2, -0.15) is 0 Å². The Bertz CT molecular complexity index is 547. The van der Waals surface area contributed by atoms with Crippen molar-refractivity contribution in [3.8, 4) is 0 Å². The van der Waals surface area contributed by atoms with Crippen LogP contribution in [-0.2, 0) is 6.54 Å². The second-order valence-corrected chi connectivity index (χ2v) is 4.40. The van der Waals surface area contributed by atoms with Crippen LogP contribution in [-0.4, -0.2) is 16.0 Å². The summed E-state index contributed by atoms with van der Waals surface area (Å²) in [5.74, 6) is 0. The highest BCUT2D eigenvalue weighted by molar-refractivity contribution is 9.10. The third kappa shape index (κ3) is 2.10. The molecule has 0 bridgehead atoms. The minimum Gasteiger partial charge on any atom is -0.331 e. The number of aromatic nitrogens is 2. The van der Waals surface area contributed by atoms with Crippen LogP contribution in [0.25, 0.3) is 11.0 Å². The monoisotopic (exact) mass is 292 g/mol. The van der Waals surface area contributed by atoms with E-state index in [1.54, 1.807) is 12.1 Å². The minimum absolute atomic E-state index is 0.323. The van der Waals surface area contributed by atoms with Gasteiger partial charge in [-0.05, 0) is 30.4 Å². The molecule has 0 fully saturated rings. The molecule has 0 aliphatic heterocycles. The van der Waals surface area contributed by atoms with Gasteiger partial charge in [0.2, 0.25) is 0 Å². The third-order valence-corrected chi connectivity index (χ3v) is 2.87. The van der Waals surface area contributed by atoms with E-state index < -0.39 is 6.43 Å². The van der Waals surface area contributed by atoms with Gasteiger partial charge in [-0.25, -0.2) is 8.78 Å². The van der Waals surface area contributed by atoms with E-state index in [4.69, 9.17) is 12.2 Å². The van der Waals surface area contributed by atoms with Gasteiger partial charge in [0.25, 0.3) is 6.43 Å². The highest BCUT2D eigenvalue weighted by Crippen LogP contribution is 2.20. The lowest BCUT2D eigenvalue weighted by Crippen LogP contribution is -2.06. The quantitative estimate of drug-likeness (QED) is 0.837. The van der Waals surface area contributed by atoms with Gasteiger partial charge in [-0.15, -0.1) is 0 Å². The van der Waals surface area contributed by atoms with Crippen molar-refractivity contribution in [3.63, 3.8) is 0 Å². The second-order valence-electron chi connectivity index (χ2n) is 3.09. The summed E-state index contributed by atoms with van der Waals surface area (Å²) in [7, 11) is 0. The maximum atomic E-state index is 12.3. The molecule has 0 aliphatic rings. The van der Waals surface area contributed by atoms with Crippen LogP contribution in [0.4, 0.5) is 8.78 Å². The van der Waals surface area contributed by atoms with Gasteiger partial charge < -0.3 is 9.55 Å². The SMILES string of the molecule is FC(F)Cn1c(=S)[nH]c2cc(Br)ccc21. The average molecular weight is 293 g/mol. The van der Waals surface area contributed by atoms with Crippen LogP contribution in [0, 0.1) is 4.77 Å². The predicted octanol–water partition coefficient (Wildman–Crippen LogP) is 3.73. The smallest absolute Gasteiger partial charge is 0.256 e. The number of halogens is 3. The molecule has 1 N–H and O–H groups in total. The molecule has 0 aliphatic carbocycles. The lowest BCUT2D eigenvalue weighted by atomic mass is 10.3. The van der Waals surface area contributed by atoms with Crippen molar-refractivity contribution in [2.75, 3.05) is 0 Å². The molecular weight excluding hydrogens is 286 g/mol. The summed E-state index contributed by atoms with van der Waals surface area (Å²) in [6.45, 7) is -0.375. The van der Waals surface area contributed by atoms with E-state index in [9.17, 15) is 8.78 Å². The number of alkyl halides is 2. The summed E-state index contributed by atoms with van der Waals surface area (Å²) in [6.07, 6.45) is -2.40. The first kappa shape index (κ1) is 10.8. The lowest BCUT2D eigenvalue weighted by molar-refractivity contribution is 0.127. The molecule has 1 heterocycles. The van der Waals surface area contributed by atoms with Crippen molar-refractivity contribution in [2.45, 2.75) is 13.0 Å². The number of fused-ring (bicyclic) bond motifs is 1. The molecule has 0 radical (unpaired) electrons. The third-order valence-electron chi connectivity index (χ3n) is 2.06. The van der Waals surface area contributed by atoms with Crippen LogP contribution in [0.5, 0.6) is 0 Å². The number of H-pyrrole nitrogens is 1. The zero-order valence-corrected chi connectivity index (χ0v) is 9.91. The van der Waals surface area contributed by atoms with E-state index in [0.29, 0.717) is 10.3 Å². The van der Waals surface area contributed by atoms with Gasteiger partial charge in [0, 0.05) is 4.47 Å². The molecule has 2 nitrogen and oxygen atoms in total. The van der Waals surface area contributed by atoms with Crippen molar-refractivity contribution in [3.05, 3.63) is 27.4 Å². The molecule has 80 valence electrons. The van der Waals surface area contributed by atoms with E-state index >= 15 is 0 Å². The normalized spacial score (nSPS) is 11.5. The number of imidazole rings is 1. The fraction of sp³-hybridized carbons (Fsp3) is 0.222. The van der Waals surface area contributed by atoms with Crippen molar-refractivity contribution < 1.29 is 8.78 Å². The summed E-state index contributed by atoms with van der Waals surface area (Å²) < 4.78 is 27.2. The fourth-order valence-corrected chi connectivity index (χ4v) is 2.10. The maximum Gasteiger partial charge on any atom is 0.256 e. The van der Waals surface area contributed by atoms with E-state index in [-0.39, 0.29) is 6.54 Å². The van der Waals surface area contributed by atoms with Gasteiger partial charge in [0.15, 0.2) is 4.77 Å². The Kier molecular flexibility index (Phi) is 2.88. The first-order valence-electron chi connectivity index (χ1n) is 4.24. The molecule has 1 aromatic carbocycles. The maximum absolute atomic E-state index is 12.3. The minimum atomic E-state index is -2.40. The van der Waals surface area contributed by atoms with Gasteiger partial charge in [-0.1, -0.05) is 15.9 Å². The number of nitrogens with zero attached hydrogens (tertiary/aromatic N) is 1. The van der Waals surface area contributed by atoms with E-state index in [2.05, 4.69) is 20.9 Å². The summed E-state index contributed by atoms with van der Waals surface area (Å²) in [5.41, 5.74) is 1.46. The molecule has 0 amide bonds. The molecule has 0 atom stereocenters. The Morgan fingerprint density at radius 2 is 2.20 bits per heavy atom. The molecule has 2 aromatic rings. The van der Waals surface area contributed by atoms with Crippen LogP contribution in [0.15, 0.2) is 22.7 Å². The van der Waals surface area contributed by atoms with E-state index in [0.717, 1.165) is 9.99 Å². The summed E-state index contributed by atoms with van der Waals surface area (Å²) in [4.78, 5) is 2.89. The van der Waals surface area contributed by atoms with E-state index in [1.807, 2.05) is 6.07 Å². The number of hydrogen-bond donors (Lipinski definition) is 1. The van der Waals surface area contributed by atoms with Crippen molar-refractivity contribution >= 4 is 39.2 Å². The predicted molar refractivity (Wildman–Crippen MR) is 60.8 cm³/mol. The fourth-order valence-electron chi connectivity index (χ4n) is 1.46. The van der Waals surface area contributed by atoms with Crippen LogP contribution < -0.4 is 0 Å². The largest absolute Gasteiger partial charge is 0.331 e. The second kappa shape index (κ2) is 4.02. The number of nitrogens with one attached hydrogen (secondary N) is 1. The van der Waals surface area contributed by atoms with Crippen LogP contribution >= 0.6 is 28.1 Å². The molecule has 2 rings (SSSR count). The first-order valence-corrected chi connectivity index (χ1v) is 5.44. The van der Waals surface area contributed by atoms with Gasteiger partial charge in [0.05, 0.1) is 17.6 Å². The average Bonchev–Trinajstić information content (AvgIpc) is 2.41. The van der Waals surface area contributed by atoms with Crippen molar-refractivity contribution in [1.82, 2.24) is 9.55 Å². The summed E-state index contributed by atoms with van der Waals surface area (Å²) >= 11 is 8.28. The van der Waals surface area contributed by atoms with Crippen LogP contribution in [0.3, 0.4) is 0 Å². The van der Waals surface area contributed by atoms with Gasteiger partial charge in [-0.3, -0.25) is 0 Å². The lowest BCUT2D eigenvalue weighted by Gasteiger charge is -2.02. The Labute approximate surface area is 98.0 Å². The number of aromatic amines is 1. The van der Waals surface area contributed by atoms with Gasteiger partial charge >= 0.3 is 0 Å². The first-order chi connectivity index (χ1) is 7.08. The topological polar surface area (TPSA) is 20.7 Å². The Morgan fingerprint density at radius 1 is 1.47 bits per heavy atom. The molecule has 6 heteroatoms. The molecular formula is C9H7BrF2N2S. The van der Waals surface area contributed by atoms with Crippen molar-refractivity contribution in [2.24, 2.45) is 0 Å². The van der Waals surface area contributed by atoms with Crippen LogP contribution in [0.2, 0.25) is 0 Å². The highest BCUT2D eigenvalue weighted by atomic mass is 79.9. The molecule has 0 unspecified atom stereocenters. The molecule has 0 saturated carbocycles. The van der Waals surface area contributed by atoms with Gasteiger partial charge in [0.1, 0.15) is 0 Å². The Balaban J connectivity index is 2.63. The number of hydrogen-bond acceptors (Lipinski definition) is 1. The number of benzene rings is 1. The Morgan fingerprint density at radius 3 is 2.87 bits per heavy atom. The molecule has 0 spiro atoms. The molecule has 15 heavy (non-hydrogen) atoms. The van der Waals surface area contributed by atoms with Crippen LogP contribution in [0.1, 0.15) is 0 Å². The van der Waals surface area contributed by atoms with Crippen molar-refractivity contribution in [1.29, 1.82) is 0 Å². The Hall–Kier alpha value is -0.750.